The Morgan fingerprint density at radius 2 is 1.58 bits per heavy atom. The highest BCUT2D eigenvalue weighted by Gasteiger charge is 2.14. The highest BCUT2D eigenvalue weighted by atomic mass is 32.2. The topological polar surface area (TPSA) is 75.3 Å². The Bertz CT molecular complexity index is 795. The molecule has 2 N–H and O–H groups in total. The van der Waals surface area contributed by atoms with Gasteiger partial charge in [0.25, 0.3) is 15.9 Å². The van der Waals surface area contributed by atoms with E-state index < -0.39 is 10.0 Å². The molecule has 2 rings (SSSR count). The van der Waals surface area contributed by atoms with Crippen LogP contribution in [0.25, 0.3) is 0 Å². The van der Waals surface area contributed by atoms with E-state index in [-0.39, 0.29) is 16.8 Å². The lowest BCUT2D eigenvalue weighted by molar-refractivity contribution is 0.0943. The summed E-state index contributed by atoms with van der Waals surface area (Å²) in [6.07, 6.45) is 0.855. The normalized spacial score (nSPS) is 11.3. The molecule has 0 aliphatic rings. The summed E-state index contributed by atoms with van der Waals surface area (Å²) in [5.74, 6) is -0.186. The van der Waals surface area contributed by atoms with Gasteiger partial charge in [-0.1, -0.05) is 19.1 Å². The van der Waals surface area contributed by atoms with Gasteiger partial charge in [-0.2, -0.15) is 0 Å². The third kappa shape index (κ3) is 4.58. The highest BCUT2D eigenvalue weighted by Crippen LogP contribution is 2.17. The number of sulfonamides is 1. The molecule has 0 spiro atoms. The second-order valence-electron chi connectivity index (χ2n) is 5.81. The third-order valence-electron chi connectivity index (χ3n) is 3.46. The lowest BCUT2D eigenvalue weighted by atomic mass is 10.2. The molecular formula is C18H22N2O3S. The van der Waals surface area contributed by atoms with Crippen LogP contribution in [0.3, 0.4) is 0 Å². The van der Waals surface area contributed by atoms with E-state index in [0.29, 0.717) is 11.3 Å². The number of aryl methyl sites for hydroxylation is 1. The van der Waals surface area contributed by atoms with Crippen molar-refractivity contribution < 1.29 is 13.2 Å². The second kappa shape index (κ2) is 7.49. The van der Waals surface area contributed by atoms with Gasteiger partial charge in [0.15, 0.2) is 0 Å². The Hall–Kier alpha value is -2.34. The first kappa shape index (κ1) is 18.0. The maximum absolute atomic E-state index is 12.4. The van der Waals surface area contributed by atoms with Crippen LogP contribution in [0, 0.1) is 0 Å². The molecular weight excluding hydrogens is 324 g/mol. The summed E-state index contributed by atoms with van der Waals surface area (Å²) in [5, 5.41) is 2.79. The molecule has 0 aliphatic heterocycles. The van der Waals surface area contributed by atoms with Gasteiger partial charge < -0.3 is 5.32 Å². The quantitative estimate of drug-likeness (QED) is 0.843. The summed E-state index contributed by atoms with van der Waals surface area (Å²) in [6, 6.07) is 13.2. The number of hydrogen-bond acceptors (Lipinski definition) is 3. The Morgan fingerprint density at radius 3 is 2.08 bits per heavy atom. The Labute approximate surface area is 143 Å². The van der Waals surface area contributed by atoms with Crippen molar-refractivity contribution in [1.82, 2.24) is 5.32 Å². The average Bonchev–Trinajstić information content (AvgIpc) is 2.54. The van der Waals surface area contributed by atoms with Crippen LogP contribution in [0.15, 0.2) is 53.4 Å². The Kier molecular flexibility index (Phi) is 5.62. The number of carbonyl (C=O) groups is 1. The van der Waals surface area contributed by atoms with Crippen molar-refractivity contribution in [2.45, 2.75) is 38.1 Å². The van der Waals surface area contributed by atoms with Crippen LogP contribution in [0.5, 0.6) is 0 Å². The molecule has 6 heteroatoms. The van der Waals surface area contributed by atoms with Crippen molar-refractivity contribution in [2.24, 2.45) is 0 Å². The number of amides is 1. The van der Waals surface area contributed by atoms with Crippen molar-refractivity contribution in [3.05, 3.63) is 59.7 Å². The molecule has 0 aliphatic carbocycles. The molecule has 1 amide bonds. The first-order valence-electron chi connectivity index (χ1n) is 7.84. The summed E-state index contributed by atoms with van der Waals surface area (Å²) in [4.78, 5) is 12.1. The highest BCUT2D eigenvalue weighted by molar-refractivity contribution is 7.92. The van der Waals surface area contributed by atoms with Gasteiger partial charge in [-0.05, 0) is 62.2 Å². The van der Waals surface area contributed by atoms with E-state index >= 15 is 0 Å². The molecule has 128 valence electrons. The van der Waals surface area contributed by atoms with E-state index in [1.165, 1.54) is 0 Å². The summed E-state index contributed by atoms with van der Waals surface area (Å²) < 4.78 is 27.3. The molecule has 0 bridgehead atoms. The number of benzene rings is 2. The second-order valence-corrected chi connectivity index (χ2v) is 7.49. The van der Waals surface area contributed by atoms with Crippen LogP contribution < -0.4 is 10.0 Å². The summed E-state index contributed by atoms with van der Waals surface area (Å²) in [6.45, 7) is 5.77. The van der Waals surface area contributed by atoms with E-state index in [9.17, 15) is 13.2 Å². The van der Waals surface area contributed by atoms with Gasteiger partial charge >= 0.3 is 0 Å². The van der Waals surface area contributed by atoms with Crippen molar-refractivity contribution in [2.75, 3.05) is 4.72 Å². The van der Waals surface area contributed by atoms with Crippen LogP contribution in [0.2, 0.25) is 0 Å². The molecule has 0 atom stereocenters. The predicted molar refractivity (Wildman–Crippen MR) is 95.7 cm³/mol. The van der Waals surface area contributed by atoms with Gasteiger partial charge in [0, 0.05) is 17.3 Å². The van der Waals surface area contributed by atoms with Crippen molar-refractivity contribution >= 4 is 21.6 Å². The number of rotatable bonds is 6. The van der Waals surface area contributed by atoms with Crippen LogP contribution in [0.4, 0.5) is 5.69 Å². The number of hydrogen-bond donors (Lipinski definition) is 2. The fraction of sp³-hybridized carbons (Fsp3) is 0.278. The van der Waals surface area contributed by atoms with Crippen LogP contribution in [-0.4, -0.2) is 20.4 Å². The molecule has 2 aromatic carbocycles. The molecule has 0 aromatic heterocycles. The maximum atomic E-state index is 12.4. The van der Waals surface area contributed by atoms with E-state index in [1.807, 2.05) is 20.8 Å². The molecule has 2 aromatic rings. The first-order valence-corrected chi connectivity index (χ1v) is 9.33. The maximum Gasteiger partial charge on any atom is 0.261 e. The molecule has 5 nitrogen and oxygen atoms in total. The minimum Gasteiger partial charge on any atom is -0.350 e. The minimum atomic E-state index is -3.64. The lowest BCUT2D eigenvalue weighted by Gasteiger charge is -2.11. The van der Waals surface area contributed by atoms with E-state index in [4.69, 9.17) is 0 Å². The first-order chi connectivity index (χ1) is 11.3. The molecule has 0 fully saturated rings. The molecule has 0 saturated heterocycles. The van der Waals surface area contributed by atoms with Gasteiger partial charge in [0.2, 0.25) is 0 Å². The smallest absolute Gasteiger partial charge is 0.261 e. The van der Waals surface area contributed by atoms with Crippen LogP contribution in [-0.2, 0) is 16.4 Å². The Morgan fingerprint density at radius 1 is 1.00 bits per heavy atom. The fourth-order valence-electron chi connectivity index (χ4n) is 2.15. The largest absolute Gasteiger partial charge is 0.350 e. The van der Waals surface area contributed by atoms with E-state index in [1.54, 1.807) is 48.5 Å². The van der Waals surface area contributed by atoms with Gasteiger partial charge in [0.1, 0.15) is 0 Å². The van der Waals surface area contributed by atoms with Gasteiger partial charge in [-0.3, -0.25) is 9.52 Å². The molecule has 0 radical (unpaired) electrons. The molecule has 24 heavy (non-hydrogen) atoms. The van der Waals surface area contributed by atoms with Crippen molar-refractivity contribution in [3.8, 4) is 0 Å². The fourth-order valence-corrected chi connectivity index (χ4v) is 3.21. The number of nitrogens with one attached hydrogen (secondary N) is 2. The van der Waals surface area contributed by atoms with Crippen molar-refractivity contribution in [1.29, 1.82) is 0 Å². The average molecular weight is 346 g/mol. The van der Waals surface area contributed by atoms with Crippen LogP contribution in [0.1, 0.15) is 36.7 Å². The van der Waals surface area contributed by atoms with Gasteiger partial charge in [0.05, 0.1) is 4.90 Å². The minimum absolute atomic E-state index is 0.0433. The third-order valence-corrected chi connectivity index (χ3v) is 4.86. The monoisotopic (exact) mass is 346 g/mol. The molecule has 0 saturated carbocycles. The van der Waals surface area contributed by atoms with Gasteiger partial charge in [-0.15, -0.1) is 0 Å². The number of anilines is 1. The summed E-state index contributed by atoms with van der Waals surface area (Å²) >= 11 is 0. The number of carbonyl (C=O) groups excluding carboxylic acids is 1. The zero-order chi connectivity index (χ0) is 17.7. The zero-order valence-corrected chi connectivity index (χ0v) is 14.9. The van der Waals surface area contributed by atoms with Gasteiger partial charge in [-0.25, -0.2) is 8.42 Å². The zero-order valence-electron chi connectivity index (χ0n) is 14.0. The summed E-state index contributed by atoms with van der Waals surface area (Å²) in [5.41, 5.74) is 1.98. The molecule has 0 heterocycles. The Balaban J connectivity index is 2.13. The SMILES string of the molecule is CCc1ccc(S(=O)(=O)Nc2ccc(C(=O)NC(C)C)cc2)cc1. The summed E-state index contributed by atoms with van der Waals surface area (Å²) in [7, 11) is -3.64. The van der Waals surface area contributed by atoms with Crippen LogP contribution >= 0.6 is 0 Å². The standard InChI is InChI=1S/C18H22N2O3S/c1-4-14-5-11-17(12-6-14)24(22,23)20-16-9-7-15(8-10-16)18(21)19-13(2)3/h5-13,20H,4H2,1-3H3,(H,19,21). The van der Waals surface area contributed by atoms with E-state index in [0.717, 1.165) is 12.0 Å². The van der Waals surface area contributed by atoms with E-state index in [2.05, 4.69) is 10.0 Å². The van der Waals surface area contributed by atoms with Crippen molar-refractivity contribution in [3.63, 3.8) is 0 Å². The lowest BCUT2D eigenvalue weighted by Crippen LogP contribution is -2.30. The molecule has 0 unspecified atom stereocenters. The predicted octanol–water partition coefficient (Wildman–Crippen LogP) is 3.19.